The zero-order valence-corrected chi connectivity index (χ0v) is 18.6. The average molecular weight is 436 g/mol. The highest BCUT2D eigenvalue weighted by molar-refractivity contribution is 5.94. The number of hydrogen-bond acceptors (Lipinski definition) is 7. The molecule has 1 aromatic carbocycles. The number of nitrogens with one attached hydrogen (secondary N) is 3. The van der Waals surface area contributed by atoms with Gasteiger partial charge in [-0.05, 0) is 38.7 Å². The Morgan fingerprint density at radius 3 is 2.50 bits per heavy atom. The fourth-order valence-electron chi connectivity index (χ4n) is 3.87. The van der Waals surface area contributed by atoms with Crippen LogP contribution in [0.1, 0.15) is 31.4 Å². The zero-order chi connectivity index (χ0) is 22.5. The SMILES string of the molecule is Cc1noc(-c2ccccc2)c1NC(=O)N[C@H]1CC[C@@H](Nc2nccc(N(C)C)n2)CC1. The highest BCUT2D eigenvalue weighted by Gasteiger charge is 2.24. The van der Waals surface area contributed by atoms with E-state index >= 15 is 0 Å². The summed E-state index contributed by atoms with van der Waals surface area (Å²) in [5.74, 6) is 2.07. The summed E-state index contributed by atoms with van der Waals surface area (Å²) in [6.45, 7) is 1.82. The maximum Gasteiger partial charge on any atom is 0.319 e. The third-order valence-electron chi connectivity index (χ3n) is 5.63. The van der Waals surface area contributed by atoms with E-state index in [1.165, 1.54) is 0 Å². The van der Waals surface area contributed by atoms with Crippen molar-refractivity contribution in [2.75, 3.05) is 29.6 Å². The average Bonchev–Trinajstić information content (AvgIpc) is 3.16. The monoisotopic (exact) mass is 435 g/mol. The van der Waals surface area contributed by atoms with Gasteiger partial charge in [0, 0.05) is 37.9 Å². The minimum Gasteiger partial charge on any atom is -0.363 e. The van der Waals surface area contributed by atoms with Crippen LogP contribution in [-0.2, 0) is 0 Å². The van der Waals surface area contributed by atoms with Crippen molar-refractivity contribution in [2.24, 2.45) is 0 Å². The summed E-state index contributed by atoms with van der Waals surface area (Å²) in [7, 11) is 3.91. The third-order valence-corrected chi connectivity index (χ3v) is 5.63. The van der Waals surface area contributed by atoms with Crippen molar-refractivity contribution in [1.29, 1.82) is 0 Å². The molecule has 0 unspecified atom stereocenters. The Hall–Kier alpha value is -3.62. The van der Waals surface area contributed by atoms with Crippen molar-refractivity contribution in [3.8, 4) is 11.3 Å². The third kappa shape index (κ3) is 5.16. The number of hydrogen-bond donors (Lipinski definition) is 3. The van der Waals surface area contributed by atoms with E-state index in [9.17, 15) is 4.79 Å². The first-order chi connectivity index (χ1) is 15.5. The quantitative estimate of drug-likeness (QED) is 0.536. The van der Waals surface area contributed by atoms with E-state index in [2.05, 4.69) is 31.1 Å². The van der Waals surface area contributed by atoms with Crippen molar-refractivity contribution >= 4 is 23.5 Å². The number of carbonyl (C=O) groups excluding carboxylic acids is 1. The molecule has 2 aromatic heterocycles. The Kier molecular flexibility index (Phi) is 6.53. The molecular formula is C23H29N7O2. The van der Waals surface area contributed by atoms with Gasteiger partial charge in [-0.1, -0.05) is 35.5 Å². The molecular weight excluding hydrogens is 406 g/mol. The molecule has 3 N–H and O–H groups in total. The number of nitrogens with zero attached hydrogens (tertiary/aromatic N) is 4. The Morgan fingerprint density at radius 2 is 1.78 bits per heavy atom. The maximum absolute atomic E-state index is 12.7. The molecule has 2 heterocycles. The van der Waals surface area contributed by atoms with E-state index in [0.29, 0.717) is 29.1 Å². The second-order valence-corrected chi connectivity index (χ2v) is 8.26. The first-order valence-electron chi connectivity index (χ1n) is 10.9. The normalized spacial score (nSPS) is 18.1. The molecule has 0 radical (unpaired) electrons. The van der Waals surface area contributed by atoms with Gasteiger partial charge >= 0.3 is 6.03 Å². The second-order valence-electron chi connectivity index (χ2n) is 8.26. The van der Waals surface area contributed by atoms with Crippen LogP contribution in [0, 0.1) is 6.92 Å². The Morgan fingerprint density at radius 1 is 1.06 bits per heavy atom. The van der Waals surface area contributed by atoms with E-state index in [0.717, 1.165) is 37.1 Å². The van der Waals surface area contributed by atoms with E-state index in [4.69, 9.17) is 4.52 Å². The summed E-state index contributed by atoms with van der Waals surface area (Å²) in [5, 5.41) is 13.5. The van der Waals surface area contributed by atoms with E-state index in [-0.39, 0.29) is 12.1 Å². The number of amides is 2. The molecule has 1 aliphatic carbocycles. The lowest BCUT2D eigenvalue weighted by atomic mass is 9.91. The van der Waals surface area contributed by atoms with E-state index in [1.807, 2.05) is 62.3 Å². The zero-order valence-electron chi connectivity index (χ0n) is 18.6. The van der Waals surface area contributed by atoms with Gasteiger partial charge in [0.05, 0.1) is 0 Å². The molecule has 0 saturated heterocycles. The van der Waals surface area contributed by atoms with Gasteiger partial charge < -0.3 is 25.4 Å². The Labute approximate surface area is 187 Å². The maximum atomic E-state index is 12.7. The van der Waals surface area contributed by atoms with Crippen LogP contribution in [0.15, 0.2) is 47.1 Å². The summed E-state index contributed by atoms with van der Waals surface area (Å²) in [5.41, 5.74) is 2.12. The molecule has 0 spiro atoms. The minimum atomic E-state index is -0.244. The standard InChI is InChI=1S/C23H29N7O2/c1-15-20(21(32-29-15)16-7-5-4-6-8-16)28-23(31)26-18-11-9-17(10-12-18)25-22-24-14-13-19(27-22)30(2)3/h4-8,13-14,17-18H,9-12H2,1-3H3,(H,24,25,27)(H2,26,28,31)/t17-,18+. The van der Waals surface area contributed by atoms with Gasteiger partial charge in [0.25, 0.3) is 0 Å². The predicted molar refractivity (Wildman–Crippen MR) is 125 cm³/mol. The summed E-state index contributed by atoms with van der Waals surface area (Å²) in [4.78, 5) is 23.5. The Balaban J connectivity index is 1.29. The van der Waals surface area contributed by atoms with Crippen LogP contribution in [0.3, 0.4) is 0 Å². The molecule has 32 heavy (non-hydrogen) atoms. The van der Waals surface area contributed by atoms with Gasteiger partial charge in [-0.25, -0.2) is 9.78 Å². The molecule has 2 amide bonds. The van der Waals surface area contributed by atoms with Gasteiger partial charge in [0.2, 0.25) is 5.95 Å². The second kappa shape index (κ2) is 9.67. The van der Waals surface area contributed by atoms with Crippen molar-refractivity contribution in [2.45, 2.75) is 44.7 Å². The molecule has 1 fully saturated rings. The number of aryl methyl sites for hydroxylation is 1. The van der Waals surface area contributed by atoms with Gasteiger partial charge in [0.1, 0.15) is 17.2 Å². The van der Waals surface area contributed by atoms with Crippen LogP contribution in [0.4, 0.5) is 22.2 Å². The lowest BCUT2D eigenvalue weighted by molar-refractivity contribution is 0.243. The summed E-state index contributed by atoms with van der Waals surface area (Å²) >= 11 is 0. The number of benzene rings is 1. The first kappa shape index (κ1) is 21.6. The molecule has 4 rings (SSSR count). The topological polar surface area (TPSA) is 108 Å². The van der Waals surface area contributed by atoms with Crippen molar-refractivity contribution in [1.82, 2.24) is 20.4 Å². The molecule has 168 valence electrons. The fraction of sp³-hybridized carbons (Fsp3) is 0.391. The lowest BCUT2D eigenvalue weighted by Gasteiger charge is -2.29. The molecule has 1 saturated carbocycles. The fourth-order valence-corrected chi connectivity index (χ4v) is 3.87. The highest BCUT2D eigenvalue weighted by atomic mass is 16.5. The molecule has 9 heteroatoms. The van der Waals surface area contributed by atoms with Crippen LogP contribution in [0.2, 0.25) is 0 Å². The van der Waals surface area contributed by atoms with Crippen LogP contribution in [0.25, 0.3) is 11.3 Å². The molecule has 1 aliphatic rings. The summed E-state index contributed by atoms with van der Waals surface area (Å²) < 4.78 is 5.45. The number of anilines is 3. The minimum absolute atomic E-state index is 0.113. The largest absolute Gasteiger partial charge is 0.363 e. The number of aromatic nitrogens is 3. The first-order valence-corrected chi connectivity index (χ1v) is 10.9. The molecule has 3 aromatic rings. The number of urea groups is 1. The molecule has 9 nitrogen and oxygen atoms in total. The predicted octanol–water partition coefficient (Wildman–Crippen LogP) is 4.05. The lowest BCUT2D eigenvalue weighted by Crippen LogP contribution is -2.42. The molecule has 0 aliphatic heterocycles. The number of rotatable bonds is 6. The van der Waals surface area contributed by atoms with Gasteiger partial charge in [-0.3, -0.25) is 0 Å². The Bertz CT molecular complexity index is 1040. The van der Waals surface area contributed by atoms with E-state index in [1.54, 1.807) is 6.20 Å². The smallest absolute Gasteiger partial charge is 0.319 e. The summed E-state index contributed by atoms with van der Waals surface area (Å²) in [6, 6.07) is 11.7. The van der Waals surface area contributed by atoms with Crippen molar-refractivity contribution in [3.63, 3.8) is 0 Å². The van der Waals surface area contributed by atoms with Crippen LogP contribution < -0.4 is 20.9 Å². The van der Waals surface area contributed by atoms with Gasteiger partial charge in [-0.15, -0.1) is 0 Å². The molecule has 0 bridgehead atoms. The molecule has 0 atom stereocenters. The van der Waals surface area contributed by atoms with Crippen LogP contribution >= 0.6 is 0 Å². The highest BCUT2D eigenvalue weighted by Crippen LogP contribution is 2.30. The van der Waals surface area contributed by atoms with Crippen molar-refractivity contribution in [3.05, 3.63) is 48.3 Å². The van der Waals surface area contributed by atoms with Crippen molar-refractivity contribution < 1.29 is 9.32 Å². The van der Waals surface area contributed by atoms with Gasteiger partial charge in [0.15, 0.2) is 5.76 Å². The van der Waals surface area contributed by atoms with Crippen LogP contribution in [-0.4, -0.2) is 47.3 Å². The van der Waals surface area contributed by atoms with Crippen LogP contribution in [0.5, 0.6) is 0 Å². The van der Waals surface area contributed by atoms with E-state index < -0.39 is 0 Å². The summed E-state index contributed by atoms with van der Waals surface area (Å²) in [6.07, 6.45) is 5.39. The number of carbonyl (C=O) groups is 1. The van der Waals surface area contributed by atoms with Gasteiger partial charge in [-0.2, -0.15) is 4.98 Å².